The van der Waals surface area contributed by atoms with Crippen molar-refractivity contribution in [3.05, 3.63) is 23.3 Å². The Hall–Kier alpha value is -1.43. The van der Waals surface area contributed by atoms with Crippen LogP contribution in [0.25, 0.3) is 0 Å². The van der Waals surface area contributed by atoms with Gasteiger partial charge in [-0.15, -0.1) is 0 Å². The van der Waals surface area contributed by atoms with E-state index in [0.717, 1.165) is 31.0 Å². The zero-order chi connectivity index (χ0) is 14.8. The first-order valence-electron chi connectivity index (χ1n) is 6.51. The second-order valence-corrected chi connectivity index (χ2v) is 4.83. The molecule has 1 aliphatic heterocycles. The molecule has 112 valence electrons. The average molecular weight is 289 g/mol. The molecule has 0 spiro atoms. The van der Waals surface area contributed by atoms with E-state index in [0.29, 0.717) is 6.42 Å². The van der Waals surface area contributed by atoms with Gasteiger partial charge in [0.25, 0.3) is 0 Å². The lowest BCUT2D eigenvalue weighted by Crippen LogP contribution is -2.24. The maximum Gasteiger partial charge on any atom is 0.420 e. The van der Waals surface area contributed by atoms with Crippen LogP contribution in [0.5, 0.6) is 11.5 Å². The number of alkyl halides is 3. The highest BCUT2D eigenvalue weighted by atomic mass is 19.4. The molecule has 0 aliphatic carbocycles. The van der Waals surface area contributed by atoms with E-state index in [2.05, 4.69) is 5.32 Å². The summed E-state index contributed by atoms with van der Waals surface area (Å²) in [6.07, 6.45) is -1.71. The Morgan fingerprint density at radius 3 is 2.40 bits per heavy atom. The average Bonchev–Trinajstić information content (AvgIpc) is 2.89. The number of hydrogen-bond acceptors (Lipinski definition) is 3. The van der Waals surface area contributed by atoms with Gasteiger partial charge in [0, 0.05) is 6.04 Å². The Labute approximate surface area is 116 Å². The van der Waals surface area contributed by atoms with Crippen LogP contribution >= 0.6 is 0 Å². The van der Waals surface area contributed by atoms with Gasteiger partial charge < -0.3 is 14.8 Å². The molecule has 1 N–H and O–H groups in total. The van der Waals surface area contributed by atoms with E-state index in [1.54, 1.807) is 0 Å². The van der Waals surface area contributed by atoms with Crippen LogP contribution in [0.15, 0.2) is 12.1 Å². The standard InChI is InChI=1S/C14H18F3NO2/c1-19-12-9(8-10-4-3-7-18-10)5-6-11(13(12)20-2)14(15,16)17/h5-6,10,18H,3-4,7-8H2,1-2H3. The Morgan fingerprint density at radius 2 is 1.90 bits per heavy atom. The molecule has 1 aromatic carbocycles. The Balaban J connectivity index is 2.38. The van der Waals surface area contributed by atoms with Crippen LogP contribution in [-0.2, 0) is 12.6 Å². The van der Waals surface area contributed by atoms with E-state index in [9.17, 15) is 13.2 Å². The van der Waals surface area contributed by atoms with Crippen molar-refractivity contribution in [3.8, 4) is 11.5 Å². The van der Waals surface area contributed by atoms with Crippen LogP contribution in [0.3, 0.4) is 0 Å². The van der Waals surface area contributed by atoms with Gasteiger partial charge in [-0.3, -0.25) is 0 Å². The van der Waals surface area contributed by atoms with Crippen molar-refractivity contribution < 1.29 is 22.6 Å². The van der Waals surface area contributed by atoms with Crippen LogP contribution in [0.4, 0.5) is 13.2 Å². The highest BCUT2D eigenvalue weighted by molar-refractivity contribution is 5.53. The molecule has 0 bridgehead atoms. The predicted molar refractivity (Wildman–Crippen MR) is 69.3 cm³/mol. The first-order valence-corrected chi connectivity index (χ1v) is 6.51. The summed E-state index contributed by atoms with van der Waals surface area (Å²) in [6.45, 7) is 0.949. The van der Waals surface area contributed by atoms with Gasteiger partial charge in [-0.25, -0.2) is 0 Å². The molecule has 0 amide bonds. The van der Waals surface area contributed by atoms with Crippen molar-refractivity contribution in [2.75, 3.05) is 20.8 Å². The second-order valence-electron chi connectivity index (χ2n) is 4.83. The first-order chi connectivity index (χ1) is 9.47. The minimum atomic E-state index is -4.46. The number of benzene rings is 1. The van der Waals surface area contributed by atoms with Gasteiger partial charge in [0.15, 0.2) is 11.5 Å². The molecular formula is C14H18F3NO2. The van der Waals surface area contributed by atoms with Crippen molar-refractivity contribution in [2.45, 2.75) is 31.5 Å². The Morgan fingerprint density at radius 1 is 1.20 bits per heavy atom. The molecular weight excluding hydrogens is 271 g/mol. The number of halogens is 3. The monoisotopic (exact) mass is 289 g/mol. The van der Waals surface area contributed by atoms with E-state index in [1.807, 2.05) is 0 Å². The van der Waals surface area contributed by atoms with Gasteiger partial charge in [-0.05, 0) is 37.4 Å². The van der Waals surface area contributed by atoms with Crippen LogP contribution in [0.1, 0.15) is 24.0 Å². The summed E-state index contributed by atoms with van der Waals surface area (Å²) in [5.74, 6) is -0.0634. The second kappa shape index (κ2) is 5.91. The minimum absolute atomic E-state index is 0.177. The topological polar surface area (TPSA) is 30.5 Å². The van der Waals surface area contributed by atoms with E-state index in [4.69, 9.17) is 9.47 Å². The molecule has 1 aliphatic rings. The summed E-state index contributed by atoms with van der Waals surface area (Å²) in [6, 6.07) is 2.82. The van der Waals surface area contributed by atoms with Gasteiger partial charge in [-0.1, -0.05) is 6.07 Å². The zero-order valence-electron chi connectivity index (χ0n) is 11.5. The molecule has 1 unspecified atom stereocenters. The minimum Gasteiger partial charge on any atom is -0.493 e. The lowest BCUT2D eigenvalue weighted by Gasteiger charge is -2.19. The number of hydrogen-bond donors (Lipinski definition) is 1. The van der Waals surface area contributed by atoms with Gasteiger partial charge in [-0.2, -0.15) is 13.2 Å². The molecule has 0 saturated carbocycles. The molecule has 1 aromatic rings. The van der Waals surface area contributed by atoms with Gasteiger partial charge in [0.2, 0.25) is 0 Å². The molecule has 1 heterocycles. The van der Waals surface area contributed by atoms with Crippen LogP contribution in [0, 0.1) is 0 Å². The first kappa shape index (κ1) is 15.0. The van der Waals surface area contributed by atoms with Gasteiger partial charge >= 0.3 is 6.18 Å². The largest absolute Gasteiger partial charge is 0.493 e. The van der Waals surface area contributed by atoms with E-state index in [-0.39, 0.29) is 17.5 Å². The van der Waals surface area contributed by atoms with Gasteiger partial charge in [0.05, 0.1) is 14.2 Å². The summed E-state index contributed by atoms with van der Waals surface area (Å²) in [5.41, 5.74) is -0.0725. The summed E-state index contributed by atoms with van der Waals surface area (Å²) in [5, 5.41) is 3.32. The number of rotatable bonds is 4. The molecule has 6 heteroatoms. The van der Waals surface area contributed by atoms with Crippen molar-refractivity contribution in [2.24, 2.45) is 0 Å². The molecule has 0 aromatic heterocycles. The van der Waals surface area contributed by atoms with Crippen molar-refractivity contribution in [1.82, 2.24) is 5.32 Å². The quantitative estimate of drug-likeness (QED) is 0.924. The van der Waals surface area contributed by atoms with Gasteiger partial charge in [0.1, 0.15) is 5.56 Å². The lowest BCUT2D eigenvalue weighted by molar-refractivity contribution is -0.138. The fraction of sp³-hybridized carbons (Fsp3) is 0.571. The predicted octanol–water partition coefficient (Wildman–Crippen LogP) is 3.02. The highest BCUT2D eigenvalue weighted by Crippen LogP contribution is 2.43. The molecule has 1 atom stereocenters. The summed E-state index contributed by atoms with van der Waals surface area (Å²) in [7, 11) is 2.59. The summed E-state index contributed by atoms with van der Waals surface area (Å²) >= 11 is 0. The molecule has 3 nitrogen and oxygen atoms in total. The van der Waals surface area contributed by atoms with E-state index >= 15 is 0 Å². The molecule has 20 heavy (non-hydrogen) atoms. The molecule has 2 rings (SSSR count). The molecule has 1 fully saturated rings. The van der Waals surface area contributed by atoms with Crippen molar-refractivity contribution >= 4 is 0 Å². The maximum absolute atomic E-state index is 12.9. The fourth-order valence-corrected chi connectivity index (χ4v) is 2.61. The number of methoxy groups -OCH3 is 2. The maximum atomic E-state index is 12.9. The van der Waals surface area contributed by atoms with Crippen molar-refractivity contribution in [3.63, 3.8) is 0 Å². The third kappa shape index (κ3) is 3.00. The van der Waals surface area contributed by atoms with Crippen LogP contribution < -0.4 is 14.8 Å². The SMILES string of the molecule is COc1c(CC2CCCN2)ccc(C(F)(F)F)c1OC. The van der Waals surface area contributed by atoms with Crippen molar-refractivity contribution in [1.29, 1.82) is 0 Å². The zero-order valence-corrected chi connectivity index (χ0v) is 11.5. The Kier molecular flexibility index (Phi) is 4.42. The number of nitrogens with one attached hydrogen (secondary N) is 1. The third-order valence-electron chi connectivity index (χ3n) is 3.54. The Bertz CT molecular complexity index is 468. The summed E-state index contributed by atoms with van der Waals surface area (Å²) < 4.78 is 48.9. The molecule has 1 saturated heterocycles. The number of ether oxygens (including phenoxy) is 2. The normalized spacial score (nSPS) is 19.1. The van der Waals surface area contributed by atoms with Crippen LogP contribution in [0.2, 0.25) is 0 Å². The molecule has 0 radical (unpaired) electrons. The lowest BCUT2D eigenvalue weighted by atomic mass is 10.0. The van der Waals surface area contributed by atoms with Crippen LogP contribution in [-0.4, -0.2) is 26.8 Å². The van der Waals surface area contributed by atoms with E-state index < -0.39 is 11.7 Å². The highest BCUT2D eigenvalue weighted by Gasteiger charge is 2.36. The fourth-order valence-electron chi connectivity index (χ4n) is 2.61. The van der Waals surface area contributed by atoms with E-state index in [1.165, 1.54) is 20.3 Å². The third-order valence-corrected chi connectivity index (χ3v) is 3.54. The smallest absolute Gasteiger partial charge is 0.420 e. The summed E-state index contributed by atoms with van der Waals surface area (Å²) in [4.78, 5) is 0.